The Morgan fingerprint density at radius 1 is 1.35 bits per heavy atom. The van der Waals surface area contributed by atoms with Crippen molar-refractivity contribution < 1.29 is 4.79 Å². The first-order valence-electron chi connectivity index (χ1n) is 8.11. The van der Waals surface area contributed by atoms with Gasteiger partial charge in [0.05, 0.1) is 5.69 Å². The number of para-hydroxylation sites is 1. The predicted molar refractivity (Wildman–Crippen MR) is 90.9 cm³/mol. The second-order valence-corrected chi connectivity index (χ2v) is 7.00. The smallest absolute Gasteiger partial charge is 0.272 e. The molecule has 0 saturated carbocycles. The van der Waals surface area contributed by atoms with Crippen molar-refractivity contribution in [1.82, 2.24) is 15.1 Å². The van der Waals surface area contributed by atoms with Gasteiger partial charge in [-0.2, -0.15) is 5.10 Å². The summed E-state index contributed by atoms with van der Waals surface area (Å²) in [5.74, 6) is -0.131. The first-order chi connectivity index (χ1) is 10.9. The summed E-state index contributed by atoms with van der Waals surface area (Å²) >= 11 is 0. The second kappa shape index (κ2) is 5.81. The van der Waals surface area contributed by atoms with Gasteiger partial charge in [0.15, 0.2) is 5.69 Å². The van der Waals surface area contributed by atoms with Crippen molar-refractivity contribution in [2.45, 2.75) is 45.6 Å². The summed E-state index contributed by atoms with van der Waals surface area (Å²) in [6.45, 7) is 6.28. The highest BCUT2D eigenvalue weighted by Crippen LogP contribution is 2.28. The van der Waals surface area contributed by atoms with Crippen LogP contribution in [0.1, 0.15) is 47.6 Å². The van der Waals surface area contributed by atoms with Gasteiger partial charge in [-0.05, 0) is 51.7 Å². The highest BCUT2D eigenvalue weighted by atomic mass is 16.2. The van der Waals surface area contributed by atoms with Gasteiger partial charge in [-0.3, -0.25) is 4.79 Å². The number of fused-ring (bicyclic) bond motifs is 1. The van der Waals surface area contributed by atoms with Gasteiger partial charge >= 0.3 is 0 Å². The number of nitrogens with one attached hydrogen (secondary N) is 1. The molecule has 3 rings (SSSR count). The largest absolute Gasteiger partial charge is 0.349 e. The molecule has 0 spiro atoms. The lowest BCUT2D eigenvalue weighted by molar-refractivity contribution is 0.0939. The molecule has 0 saturated heterocycles. The van der Waals surface area contributed by atoms with Crippen LogP contribution >= 0.6 is 0 Å². The molecule has 1 aromatic carbocycles. The van der Waals surface area contributed by atoms with Crippen LogP contribution in [0.25, 0.3) is 5.69 Å². The molecule has 5 nitrogen and oxygen atoms in total. The highest BCUT2D eigenvalue weighted by Gasteiger charge is 2.27. The number of hydrogen-bond donors (Lipinski definition) is 2. The van der Waals surface area contributed by atoms with E-state index >= 15 is 0 Å². The third-order valence-electron chi connectivity index (χ3n) is 4.19. The summed E-state index contributed by atoms with van der Waals surface area (Å²) in [6, 6.07) is 8.13. The molecule has 0 radical (unpaired) electrons. The van der Waals surface area contributed by atoms with Crippen molar-refractivity contribution in [3.05, 3.63) is 46.8 Å². The fourth-order valence-corrected chi connectivity index (χ4v) is 3.01. The van der Waals surface area contributed by atoms with E-state index in [9.17, 15) is 4.79 Å². The molecule has 1 aliphatic carbocycles. The summed E-state index contributed by atoms with van der Waals surface area (Å²) in [5, 5.41) is 7.54. The van der Waals surface area contributed by atoms with Crippen molar-refractivity contribution in [3.8, 4) is 5.69 Å². The van der Waals surface area contributed by atoms with Crippen LogP contribution in [0.5, 0.6) is 0 Å². The molecule has 0 atom stereocenters. The van der Waals surface area contributed by atoms with Crippen molar-refractivity contribution in [2.24, 2.45) is 5.73 Å². The number of amides is 1. The number of rotatable bonds is 4. The number of nitrogens with zero attached hydrogens (tertiary/aromatic N) is 2. The molecule has 2 aromatic rings. The third-order valence-corrected chi connectivity index (χ3v) is 4.19. The molecule has 1 aliphatic rings. The Balaban J connectivity index is 1.96. The number of aromatic nitrogens is 2. The summed E-state index contributed by atoms with van der Waals surface area (Å²) in [5.41, 5.74) is 10.5. The average molecular weight is 312 g/mol. The van der Waals surface area contributed by atoms with Crippen LogP contribution in [0.2, 0.25) is 0 Å². The molecule has 3 N–H and O–H groups in total. The Bertz CT molecular complexity index is 740. The molecule has 0 fully saturated rings. The minimum absolute atomic E-state index is 0.131. The quantitative estimate of drug-likeness (QED) is 0.908. The van der Waals surface area contributed by atoms with E-state index in [0.717, 1.165) is 41.8 Å². The predicted octanol–water partition coefficient (Wildman–Crippen LogP) is 2.14. The summed E-state index contributed by atoms with van der Waals surface area (Å²) < 4.78 is 1.94. The van der Waals surface area contributed by atoms with Crippen LogP contribution in [0.3, 0.4) is 0 Å². The molecule has 1 heterocycles. The lowest BCUT2D eigenvalue weighted by atomic mass is 10.1. The van der Waals surface area contributed by atoms with E-state index in [2.05, 4.69) is 23.4 Å². The van der Waals surface area contributed by atoms with E-state index in [0.29, 0.717) is 12.2 Å². The Hall–Kier alpha value is -2.14. The number of hydrogen-bond acceptors (Lipinski definition) is 3. The van der Waals surface area contributed by atoms with Gasteiger partial charge in [0.2, 0.25) is 0 Å². The molecule has 5 heteroatoms. The second-order valence-electron chi connectivity index (χ2n) is 7.00. The van der Waals surface area contributed by atoms with Crippen molar-refractivity contribution in [2.75, 3.05) is 6.54 Å². The van der Waals surface area contributed by atoms with E-state index in [4.69, 9.17) is 5.73 Å². The van der Waals surface area contributed by atoms with Crippen LogP contribution in [0.15, 0.2) is 24.3 Å². The van der Waals surface area contributed by atoms with E-state index < -0.39 is 5.54 Å². The monoisotopic (exact) mass is 312 g/mol. The summed E-state index contributed by atoms with van der Waals surface area (Å²) in [4.78, 5) is 12.5. The van der Waals surface area contributed by atoms with Crippen LogP contribution in [-0.2, 0) is 12.8 Å². The molecule has 0 bridgehead atoms. The first-order valence-corrected chi connectivity index (χ1v) is 8.11. The van der Waals surface area contributed by atoms with Crippen LogP contribution in [-0.4, -0.2) is 27.8 Å². The first kappa shape index (κ1) is 15.7. The standard InChI is InChI=1S/C18H24N4O/c1-12-7-4-5-9-14(12)22-15-10-6-8-13(15)16(21-22)17(23)20-11-18(2,3)19/h4-5,7,9H,6,8,10-11,19H2,1-3H3,(H,20,23). The summed E-state index contributed by atoms with van der Waals surface area (Å²) in [6.07, 6.45) is 2.95. The highest BCUT2D eigenvalue weighted by molar-refractivity contribution is 5.94. The Morgan fingerprint density at radius 2 is 2.09 bits per heavy atom. The molecule has 0 aliphatic heterocycles. The SMILES string of the molecule is Cc1ccccc1-n1nc(C(=O)NCC(C)(C)N)c2c1CCC2. The lowest BCUT2D eigenvalue weighted by Crippen LogP contribution is -2.45. The van der Waals surface area contributed by atoms with Crippen molar-refractivity contribution >= 4 is 5.91 Å². The maximum atomic E-state index is 12.5. The van der Waals surface area contributed by atoms with E-state index in [1.165, 1.54) is 0 Å². The number of carbonyl (C=O) groups is 1. The van der Waals surface area contributed by atoms with E-state index in [-0.39, 0.29) is 5.91 Å². The van der Waals surface area contributed by atoms with E-state index in [1.54, 1.807) is 0 Å². The van der Waals surface area contributed by atoms with E-state index in [1.807, 2.05) is 36.7 Å². The zero-order valence-electron chi connectivity index (χ0n) is 14.0. The normalized spacial score (nSPS) is 13.9. The third kappa shape index (κ3) is 3.15. The van der Waals surface area contributed by atoms with Crippen LogP contribution in [0.4, 0.5) is 0 Å². The molecular weight excluding hydrogens is 288 g/mol. The Kier molecular flexibility index (Phi) is 3.98. The lowest BCUT2D eigenvalue weighted by Gasteiger charge is -2.18. The zero-order chi connectivity index (χ0) is 16.6. The number of aryl methyl sites for hydroxylation is 1. The van der Waals surface area contributed by atoms with Gasteiger partial charge in [0.1, 0.15) is 0 Å². The van der Waals surface area contributed by atoms with Gasteiger partial charge in [-0.25, -0.2) is 4.68 Å². The zero-order valence-corrected chi connectivity index (χ0v) is 14.0. The van der Waals surface area contributed by atoms with Crippen LogP contribution < -0.4 is 11.1 Å². The Labute approximate surface area is 136 Å². The molecular formula is C18H24N4O. The maximum absolute atomic E-state index is 12.5. The molecule has 122 valence electrons. The minimum Gasteiger partial charge on any atom is -0.349 e. The Morgan fingerprint density at radius 3 is 2.78 bits per heavy atom. The molecule has 1 amide bonds. The number of carbonyl (C=O) groups excluding carboxylic acids is 1. The average Bonchev–Trinajstić information content (AvgIpc) is 3.07. The fourth-order valence-electron chi connectivity index (χ4n) is 3.01. The maximum Gasteiger partial charge on any atom is 0.272 e. The molecule has 23 heavy (non-hydrogen) atoms. The van der Waals surface area contributed by atoms with Crippen molar-refractivity contribution in [3.63, 3.8) is 0 Å². The number of benzene rings is 1. The molecule has 0 unspecified atom stereocenters. The minimum atomic E-state index is -0.433. The van der Waals surface area contributed by atoms with Gasteiger partial charge in [-0.1, -0.05) is 18.2 Å². The van der Waals surface area contributed by atoms with Crippen molar-refractivity contribution in [1.29, 1.82) is 0 Å². The number of nitrogens with two attached hydrogens (primary N) is 1. The molecule has 1 aromatic heterocycles. The van der Waals surface area contributed by atoms with Gasteiger partial charge in [0, 0.05) is 23.3 Å². The van der Waals surface area contributed by atoms with Crippen LogP contribution in [0, 0.1) is 6.92 Å². The topological polar surface area (TPSA) is 72.9 Å². The van der Waals surface area contributed by atoms with Gasteiger partial charge in [0.25, 0.3) is 5.91 Å². The van der Waals surface area contributed by atoms with Gasteiger partial charge < -0.3 is 11.1 Å². The fraction of sp³-hybridized carbons (Fsp3) is 0.444. The van der Waals surface area contributed by atoms with Gasteiger partial charge in [-0.15, -0.1) is 0 Å². The summed E-state index contributed by atoms with van der Waals surface area (Å²) in [7, 11) is 0.